The Labute approximate surface area is 199 Å². The molecule has 0 spiro atoms. The lowest BCUT2D eigenvalue weighted by atomic mass is 10.2. The molecule has 1 amide bonds. The average Bonchev–Trinajstić information content (AvgIpc) is 3.23. The van der Waals surface area contributed by atoms with Gasteiger partial charge in [0.15, 0.2) is 0 Å². The van der Waals surface area contributed by atoms with Gasteiger partial charge in [-0.05, 0) is 24.3 Å². The van der Waals surface area contributed by atoms with Crippen LogP contribution in [0.5, 0.6) is 5.88 Å². The van der Waals surface area contributed by atoms with Crippen LogP contribution in [0.25, 0.3) is 11.0 Å². The summed E-state index contributed by atoms with van der Waals surface area (Å²) in [4.78, 5) is 30.8. The van der Waals surface area contributed by atoms with E-state index in [-0.39, 0.29) is 12.4 Å². The molecule has 0 radical (unpaired) electrons. The number of pyridine rings is 3. The molecule has 2 fully saturated rings. The standard InChI is InChI=1S/C23H23F3N6O3/c1-34-20-5-3-17-21(29-20)18(6-7-27-17)31-10-8-30(9-11-31)13-16-14-32(22(33)35-16)19-4-2-15(12-28-19)23(24,25)26/h2-7,12,16H,8-11,13-14H2,1H3/t16-/m0/s1. The zero-order valence-corrected chi connectivity index (χ0v) is 18.9. The number of piperazine rings is 1. The molecule has 5 heterocycles. The fraction of sp³-hybridized carbons (Fsp3) is 0.391. The van der Waals surface area contributed by atoms with Crippen molar-refractivity contribution in [2.45, 2.75) is 12.3 Å². The van der Waals surface area contributed by atoms with Gasteiger partial charge >= 0.3 is 12.3 Å². The number of cyclic esters (lactones) is 1. The Morgan fingerprint density at radius 2 is 1.89 bits per heavy atom. The van der Waals surface area contributed by atoms with Crippen LogP contribution in [0.2, 0.25) is 0 Å². The van der Waals surface area contributed by atoms with Crippen molar-refractivity contribution < 1.29 is 27.4 Å². The van der Waals surface area contributed by atoms with E-state index in [0.717, 1.165) is 55.2 Å². The number of alkyl halides is 3. The van der Waals surface area contributed by atoms with Gasteiger partial charge in [-0.2, -0.15) is 13.2 Å². The Kier molecular flexibility index (Phi) is 6.05. The lowest BCUT2D eigenvalue weighted by Crippen LogP contribution is -2.49. The van der Waals surface area contributed by atoms with Gasteiger partial charge in [-0.15, -0.1) is 0 Å². The molecule has 3 aromatic heterocycles. The van der Waals surface area contributed by atoms with Gasteiger partial charge in [0, 0.05) is 51.2 Å². The van der Waals surface area contributed by atoms with Gasteiger partial charge in [0.05, 0.1) is 30.4 Å². The normalized spacial score (nSPS) is 19.3. The number of halogens is 3. The van der Waals surface area contributed by atoms with Crippen LogP contribution < -0.4 is 14.5 Å². The highest BCUT2D eigenvalue weighted by Gasteiger charge is 2.36. The number of ether oxygens (including phenoxy) is 2. The van der Waals surface area contributed by atoms with Crippen molar-refractivity contribution in [2.24, 2.45) is 0 Å². The van der Waals surface area contributed by atoms with Crippen LogP contribution in [0.15, 0.2) is 42.7 Å². The highest BCUT2D eigenvalue weighted by atomic mass is 19.4. The van der Waals surface area contributed by atoms with Crippen molar-refractivity contribution in [1.29, 1.82) is 0 Å². The molecule has 3 aromatic rings. The number of hydrogen-bond donors (Lipinski definition) is 0. The number of hydrogen-bond acceptors (Lipinski definition) is 8. The molecular formula is C23H23F3N6O3. The summed E-state index contributed by atoms with van der Waals surface area (Å²) < 4.78 is 49.1. The van der Waals surface area contributed by atoms with Crippen LogP contribution in [-0.2, 0) is 10.9 Å². The number of carbonyl (C=O) groups is 1. The third-order valence-corrected chi connectivity index (χ3v) is 6.15. The summed E-state index contributed by atoms with van der Waals surface area (Å²) in [7, 11) is 1.58. The largest absolute Gasteiger partial charge is 0.481 e. The number of carbonyl (C=O) groups excluding carboxylic acids is 1. The minimum atomic E-state index is -4.48. The molecule has 35 heavy (non-hydrogen) atoms. The van der Waals surface area contributed by atoms with Crippen LogP contribution in [0.3, 0.4) is 0 Å². The summed E-state index contributed by atoms with van der Waals surface area (Å²) in [5.41, 5.74) is 1.70. The highest BCUT2D eigenvalue weighted by molar-refractivity contribution is 5.89. The van der Waals surface area contributed by atoms with E-state index in [1.54, 1.807) is 19.4 Å². The van der Waals surface area contributed by atoms with Crippen molar-refractivity contribution >= 4 is 28.6 Å². The Hall–Kier alpha value is -3.67. The number of methoxy groups -OCH3 is 1. The number of fused-ring (bicyclic) bond motifs is 1. The first-order valence-corrected chi connectivity index (χ1v) is 11.1. The molecule has 5 rings (SSSR count). The van der Waals surface area contributed by atoms with Crippen LogP contribution >= 0.6 is 0 Å². The lowest BCUT2D eigenvalue weighted by Gasteiger charge is -2.36. The minimum absolute atomic E-state index is 0.141. The molecule has 0 N–H and O–H groups in total. The van der Waals surface area contributed by atoms with Gasteiger partial charge in [-0.1, -0.05) is 0 Å². The van der Waals surface area contributed by atoms with E-state index in [9.17, 15) is 18.0 Å². The number of aromatic nitrogens is 3. The molecule has 2 aliphatic rings. The van der Waals surface area contributed by atoms with Crippen LogP contribution in [0.1, 0.15) is 5.56 Å². The van der Waals surface area contributed by atoms with Gasteiger partial charge in [0.1, 0.15) is 17.4 Å². The molecule has 0 bridgehead atoms. The van der Waals surface area contributed by atoms with Crippen molar-refractivity contribution in [3.63, 3.8) is 0 Å². The number of rotatable bonds is 5. The molecule has 2 aliphatic heterocycles. The van der Waals surface area contributed by atoms with Crippen molar-refractivity contribution in [2.75, 3.05) is 56.2 Å². The SMILES string of the molecule is COc1ccc2nccc(N3CCN(C[C@H]4CN(c5ccc(C(F)(F)F)cn5)C(=O)O4)CC3)c2n1. The maximum atomic E-state index is 12.8. The second-order valence-corrected chi connectivity index (χ2v) is 8.36. The predicted molar refractivity (Wildman–Crippen MR) is 122 cm³/mol. The maximum Gasteiger partial charge on any atom is 0.417 e. The molecule has 0 aromatic carbocycles. The summed E-state index contributed by atoms with van der Waals surface area (Å²) in [6, 6.07) is 7.71. The van der Waals surface area contributed by atoms with Gasteiger partial charge in [-0.3, -0.25) is 14.8 Å². The quantitative estimate of drug-likeness (QED) is 0.542. The van der Waals surface area contributed by atoms with E-state index in [0.29, 0.717) is 12.4 Å². The topological polar surface area (TPSA) is 83.9 Å². The number of anilines is 2. The zero-order chi connectivity index (χ0) is 24.6. The van der Waals surface area contributed by atoms with Crippen molar-refractivity contribution in [3.05, 3.63) is 48.3 Å². The Bertz CT molecular complexity index is 1220. The third-order valence-electron chi connectivity index (χ3n) is 6.15. The van der Waals surface area contributed by atoms with Gasteiger partial charge in [-0.25, -0.2) is 14.8 Å². The molecule has 1 atom stereocenters. The fourth-order valence-corrected chi connectivity index (χ4v) is 4.34. The van der Waals surface area contributed by atoms with Crippen LogP contribution in [0.4, 0.5) is 29.5 Å². The van der Waals surface area contributed by atoms with Crippen LogP contribution in [0, 0.1) is 0 Å². The van der Waals surface area contributed by atoms with Gasteiger partial charge < -0.3 is 14.4 Å². The lowest BCUT2D eigenvalue weighted by molar-refractivity contribution is -0.137. The monoisotopic (exact) mass is 488 g/mol. The third kappa shape index (κ3) is 4.78. The number of amides is 1. The summed E-state index contributed by atoms with van der Waals surface area (Å²) in [6.45, 7) is 3.77. The predicted octanol–water partition coefficient (Wildman–Crippen LogP) is 3.20. The molecule has 0 saturated carbocycles. The van der Waals surface area contributed by atoms with Crippen molar-refractivity contribution in [1.82, 2.24) is 19.9 Å². The first-order chi connectivity index (χ1) is 16.8. The summed E-state index contributed by atoms with van der Waals surface area (Å²) in [5, 5.41) is 0. The summed E-state index contributed by atoms with van der Waals surface area (Å²) >= 11 is 0. The molecule has 9 nitrogen and oxygen atoms in total. The first-order valence-electron chi connectivity index (χ1n) is 11.1. The second kappa shape index (κ2) is 9.17. The van der Waals surface area contributed by atoms with E-state index >= 15 is 0 Å². The molecule has 0 unspecified atom stereocenters. The maximum absolute atomic E-state index is 12.8. The smallest absolute Gasteiger partial charge is 0.417 e. The van der Waals surface area contributed by atoms with Gasteiger partial charge in [0.25, 0.3) is 0 Å². The van der Waals surface area contributed by atoms with E-state index in [1.165, 1.54) is 11.0 Å². The average molecular weight is 488 g/mol. The summed E-state index contributed by atoms with van der Waals surface area (Å²) in [6.07, 6.45) is -3.00. The van der Waals surface area contributed by atoms with E-state index in [4.69, 9.17) is 9.47 Å². The van der Waals surface area contributed by atoms with E-state index in [2.05, 4.69) is 24.8 Å². The molecule has 12 heteroatoms. The van der Waals surface area contributed by atoms with Crippen LogP contribution in [-0.4, -0.2) is 78.4 Å². The minimum Gasteiger partial charge on any atom is -0.481 e. The zero-order valence-electron chi connectivity index (χ0n) is 18.9. The van der Waals surface area contributed by atoms with Gasteiger partial charge in [0.2, 0.25) is 5.88 Å². The second-order valence-electron chi connectivity index (χ2n) is 8.36. The summed E-state index contributed by atoms with van der Waals surface area (Å²) in [5.74, 6) is 0.670. The van der Waals surface area contributed by atoms with E-state index in [1.807, 2.05) is 12.1 Å². The molecular weight excluding hydrogens is 465 g/mol. The van der Waals surface area contributed by atoms with E-state index < -0.39 is 23.9 Å². The Morgan fingerprint density at radius 3 is 2.57 bits per heavy atom. The Morgan fingerprint density at radius 1 is 1.09 bits per heavy atom. The first kappa shape index (κ1) is 23.1. The molecule has 184 valence electrons. The molecule has 2 saturated heterocycles. The molecule has 0 aliphatic carbocycles. The highest BCUT2D eigenvalue weighted by Crippen LogP contribution is 2.30. The number of nitrogens with zero attached hydrogens (tertiary/aromatic N) is 6. The Balaban J connectivity index is 1.19. The van der Waals surface area contributed by atoms with Crippen molar-refractivity contribution in [3.8, 4) is 5.88 Å². The fourth-order valence-electron chi connectivity index (χ4n) is 4.34.